The van der Waals surface area contributed by atoms with E-state index in [1.54, 1.807) is 0 Å². The Hall–Kier alpha value is -0.0800. The molecule has 0 bridgehead atoms. The molecule has 0 aromatic heterocycles. The molecule has 0 unspecified atom stereocenters. The maximum Gasteiger partial charge on any atom is 0.0584 e. The highest BCUT2D eigenvalue weighted by molar-refractivity contribution is 4.80. The molecule has 2 nitrogen and oxygen atoms in total. The largest absolute Gasteiger partial charge is 0.395 e. The lowest BCUT2D eigenvalue weighted by molar-refractivity contribution is 0.252. The lowest BCUT2D eigenvalue weighted by atomic mass is 10.0. The summed E-state index contributed by atoms with van der Waals surface area (Å²) in [7, 11) is 0. The van der Waals surface area contributed by atoms with Gasteiger partial charge in [-0.2, -0.15) is 0 Å². The predicted octanol–water partition coefficient (Wildman–Crippen LogP) is 0.757. The van der Waals surface area contributed by atoms with Crippen LogP contribution in [-0.2, 0) is 0 Å². The van der Waals surface area contributed by atoms with E-state index in [2.05, 4.69) is 12.2 Å². The van der Waals surface area contributed by atoms with E-state index in [0.29, 0.717) is 12.6 Å². The first-order valence-electron chi connectivity index (χ1n) is 4.21. The SMILES string of the molecule is CCC[C@H]1CN[C@H](CO)C1. The van der Waals surface area contributed by atoms with E-state index in [1.807, 2.05) is 0 Å². The van der Waals surface area contributed by atoms with Crippen molar-refractivity contribution >= 4 is 0 Å². The Kier molecular flexibility index (Phi) is 3.16. The molecule has 0 amide bonds. The predicted molar refractivity (Wildman–Crippen MR) is 41.9 cm³/mol. The quantitative estimate of drug-likeness (QED) is 0.611. The van der Waals surface area contributed by atoms with Crippen LogP contribution in [0.15, 0.2) is 0 Å². The van der Waals surface area contributed by atoms with E-state index in [0.717, 1.165) is 12.5 Å². The van der Waals surface area contributed by atoms with E-state index in [1.165, 1.54) is 19.3 Å². The van der Waals surface area contributed by atoms with Gasteiger partial charge in [-0.1, -0.05) is 13.3 Å². The number of rotatable bonds is 3. The van der Waals surface area contributed by atoms with Crippen LogP contribution in [0.5, 0.6) is 0 Å². The summed E-state index contributed by atoms with van der Waals surface area (Å²) in [6.45, 7) is 3.63. The van der Waals surface area contributed by atoms with Gasteiger partial charge in [-0.3, -0.25) is 0 Å². The Bertz CT molecular complexity index is 95.3. The van der Waals surface area contributed by atoms with Crippen molar-refractivity contribution in [2.75, 3.05) is 13.2 Å². The van der Waals surface area contributed by atoms with Gasteiger partial charge < -0.3 is 10.4 Å². The van der Waals surface area contributed by atoms with E-state index in [9.17, 15) is 0 Å². The second-order valence-corrected chi connectivity index (χ2v) is 3.18. The third-order valence-electron chi connectivity index (χ3n) is 2.23. The van der Waals surface area contributed by atoms with Crippen molar-refractivity contribution in [3.8, 4) is 0 Å². The van der Waals surface area contributed by atoms with Gasteiger partial charge in [0.05, 0.1) is 6.61 Å². The third kappa shape index (κ3) is 1.96. The van der Waals surface area contributed by atoms with Crippen molar-refractivity contribution in [2.45, 2.75) is 32.2 Å². The summed E-state index contributed by atoms with van der Waals surface area (Å²) in [5.41, 5.74) is 0. The zero-order valence-corrected chi connectivity index (χ0v) is 6.64. The van der Waals surface area contributed by atoms with Crippen molar-refractivity contribution in [3.05, 3.63) is 0 Å². The molecule has 1 aliphatic rings. The van der Waals surface area contributed by atoms with Crippen LogP contribution in [-0.4, -0.2) is 24.3 Å². The molecule has 0 saturated carbocycles. The molecule has 0 spiro atoms. The topological polar surface area (TPSA) is 32.3 Å². The second kappa shape index (κ2) is 3.94. The van der Waals surface area contributed by atoms with Crippen LogP contribution in [0.1, 0.15) is 26.2 Å². The first kappa shape index (κ1) is 8.02. The van der Waals surface area contributed by atoms with Gasteiger partial charge in [0, 0.05) is 6.04 Å². The van der Waals surface area contributed by atoms with Crippen molar-refractivity contribution < 1.29 is 5.11 Å². The van der Waals surface area contributed by atoms with Gasteiger partial charge in [0.2, 0.25) is 0 Å². The third-order valence-corrected chi connectivity index (χ3v) is 2.23. The number of nitrogens with one attached hydrogen (secondary N) is 1. The molecule has 1 rings (SSSR count). The summed E-state index contributed by atoms with van der Waals surface area (Å²) in [4.78, 5) is 0. The van der Waals surface area contributed by atoms with Gasteiger partial charge in [0.15, 0.2) is 0 Å². The Morgan fingerprint density at radius 1 is 1.60 bits per heavy atom. The fraction of sp³-hybridized carbons (Fsp3) is 1.00. The summed E-state index contributed by atoms with van der Waals surface area (Å²) >= 11 is 0. The Morgan fingerprint density at radius 3 is 2.90 bits per heavy atom. The molecule has 0 aliphatic carbocycles. The molecular weight excluding hydrogens is 126 g/mol. The summed E-state index contributed by atoms with van der Waals surface area (Å²) in [6, 6.07) is 0.386. The van der Waals surface area contributed by atoms with Gasteiger partial charge in [0.25, 0.3) is 0 Å². The second-order valence-electron chi connectivity index (χ2n) is 3.18. The number of aliphatic hydroxyl groups is 1. The average Bonchev–Trinajstić information content (AvgIpc) is 2.37. The van der Waals surface area contributed by atoms with E-state index in [4.69, 9.17) is 5.11 Å². The van der Waals surface area contributed by atoms with Gasteiger partial charge >= 0.3 is 0 Å². The molecular formula is C8H17NO. The standard InChI is InChI=1S/C8H17NO/c1-2-3-7-4-8(6-10)9-5-7/h7-10H,2-6H2,1H3/t7-,8+/m1/s1. The average molecular weight is 143 g/mol. The highest BCUT2D eigenvalue weighted by Gasteiger charge is 2.21. The molecule has 2 heteroatoms. The lowest BCUT2D eigenvalue weighted by Crippen LogP contribution is -2.24. The molecule has 10 heavy (non-hydrogen) atoms. The Balaban J connectivity index is 2.15. The van der Waals surface area contributed by atoms with E-state index < -0.39 is 0 Å². The maximum atomic E-state index is 8.79. The minimum atomic E-state index is 0.306. The van der Waals surface area contributed by atoms with Crippen LogP contribution in [0.25, 0.3) is 0 Å². The Labute approximate surface area is 62.6 Å². The van der Waals surface area contributed by atoms with Crippen LogP contribution in [0.3, 0.4) is 0 Å². The number of aliphatic hydroxyl groups excluding tert-OH is 1. The minimum Gasteiger partial charge on any atom is -0.395 e. The first-order chi connectivity index (χ1) is 4.86. The van der Waals surface area contributed by atoms with E-state index in [-0.39, 0.29) is 0 Å². The molecule has 0 radical (unpaired) electrons. The van der Waals surface area contributed by atoms with Crippen molar-refractivity contribution in [1.82, 2.24) is 5.32 Å². The smallest absolute Gasteiger partial charge is 0.0584 e. The summed E-state index contributed by atoms with van der Waals surface area (Å²) in [5, 5.41) is 12.1. The first-order valence-corrected chi connectivity index (χ1v) is 4.21. The monoisotopic (exact) mass is 143 g/mol. The summed E-state index contributed by atoms with van der Waals surface area (Å²) in [6.07, 6.45) is 3.75. The van der Waals surface area contributed by atoms with Crippen LogP contribution in [0.4, 0.5) is 0 Å². The molecule has 2 atom stereocenters. The molecule has 1 heterocycles. The molecule has 1 aliphatic heterocycles. The van der Waals surface area contributed by atoms with E-state index >= 15 is 0 Å². The van der Waals surface area contributed by atoms with Crippen molar-refractivity contribution in [2.24, 2.45) is 5.92 Å². The van der Waals surface area contributed by atoms with Gasteiger partial charge in [0.1, 0.15) is 0 Å². The molecule has 1 fully saturated rings. The van der Waals surface area contributed by atoms with Crippen molar-refractivity contribution in [3.63, 3.8) is 0 Å². The van der Waals surface area contributed by atoms with Crippen LogP contribution >= 0.6 is 0 Å². The number of hydrogen-bond donors (Lipinski definition) is 2. The van der Waals surface area contributed by atoms with Gasteiger partial charge in [-0.25, -0.2) is 0 Å². The lowest BCUT2D eigenvalue weighted by Gasteiger charge is -2.05. The molecule has 1 saturated heterocycles. The fourth-order valence-electron chi connectivity index (χ4n) is 1.67. The highest BCUT2D eigenvalue weighted by atomic mass is 16.3. The fourth-order valence-corrected chi connectivity index (χ4v) is 1.67. The summed E-state index contributed by atoms with van der Waals surface area (Å²) < 4.78 is 0. The molecule has 2 N–H and O–H groups in total. The van der Waals surface area contributed by atoms with Crippen molar-refractivity contribution in [1.29, 1.82) is 0 Å². The summed E-state index contributed by atoms with van der Waals surface area (Å²) in [5.74, 6) is 0.821. The molecule has 0 aromatic rings. The van der Waals surface area contributed by atoms with Crippen LogP contribution in [0, 0.1) is 5.92 Å². The number of hydrogen-bond acceptors (Lipinski definition) is 2. The minimum absolute atomic E-state index is 0.306. The van der Waals surface area contributed by atoms with Crippen LogP contribution < -0.4 is 5.32 Å². The Morgan fingerprint density at radius 2 is 2.40 bits per heavy atom. The highest BCUT2D eigenvalue weighted by Crippen LogP contribution is 2.18. The maximum absolute atomic E-state index is 8.79. The molecule has 0 aromatic carbocycles. The molecule has 60 valence electrons. The zero-order valence-electron chi connectivity index (χ0n) is 6.64. The zero-order chi connectivity index (χ0) is 7.40. The normalized spacial score (nSPS) is 33.0. The van der Waals surface area contributed by atoms with Gasteiger partial charge in [-0.15, -0.1) is 0 Å². The van der Waals surface area contributed by atoms with Gasteiger partial charge in [-0.05, 0) is 25.3 Å². The van der Waals surface area contributed by atoms with Crippen LogP contribution in [0.2, 0.25) is 0 Å².